The second-order valence-electron chi connectivity index (χ2n) is 6.16. The highest BCUT2D eigenvalue weighted by molar-refractivity contribution is 5.97. The van der Waals surface area contributed by atoms with Crippen molar-refractivity contribution < 1.29 is 9.59 Å². The Balaban J connectivity index is 1.56. The fourth-order valence-electron chi connectivity index (χ4n) is 3.13. The van der Waals surface area contributed by atoms with Crippen molar-refractivity contribution in [2.24, 2.45) is 0 Å². The van der Waals surface area contributed by atoms with Gasteiger partial charge in [-0.25, -0.2) is 0 Å². The Labute approximate surface area is 146 Å². The number of benzene rings is 1. The minimum absolute atomic E-state index is 0.000352. The maximum Gasteiger partial charge on any atom is 0.254 e. The number of amides is 2. The van der Waals surface area contributed by atoms with Crippen LogP contribution in [0.4, 0.5) is 0 Å². The normalized spacial score (nSPS) is 15.5. The molecule has 0 unspecified atom stereocenters. The molecule has 1 aromatic carbocycles. The molecule has 0 spiro atoms. The second-order valence-corrected chi connectivity index (χ2v) is 6.16. The fourth-order valence-corrected chi connectivity index (χ4v) is 3.13. The molecule has 8 nitrogen and oxygen atoms in total. The van der Waals surface area contributed by atoms with E-state index in [1.807, 2.05) is 23.6 Å². The van der Waals surface area contributed by atoms with E-state index in [2.05, 4.69) is 20.3 Å². The number of hydrogen-bond donors (Lipinski definition) is 1. The summed E-state index contributed by atoms with van der Waals surface area (Å²) in [5, 5.41) is 10.6. The third-order valence-electron chi connectivity index (χ3n) is 4.70. The Morgan fingerprint density at radius 2 is 1.76 bits per heavy atom. The van der Waals surface area contributed by atoms with Crippen LogP contribution < -0.4 is 0 Å². The Morgan fingerprint density at radius 1 is 1.08 bits per heavy atom. The molecule has 1 aliphatic heterocycles. The zero-order chi connectivity index (χ0) is 17.8. The van der Waals surface area contributed by atoms with Gasteiger partial charge >= 0.3 is 0 Å². The van der Waals surface area contributed by atoms with Gasteiger partial charge < -0.3 is 9.80 Å². The molecule has 0 atom stereocenters. The summed E-state index contributed by atoms with van der Waals surface area (Å²) in [7, 11) is 0. The number of piperazine rings is 1. The van der Waals surface area contributed by atoms with Crippen LogP contribution in [0.15, 0.2) is 18.2 Å². The van der Waals surface area contributed by atoms with E-state index in [0.29, 0.717) is 43.8 Å². The van der Waals surface area contributed by atoms with Crippen LogP contribution >= 0.6 is 0 Å². The van der Waals surface area contributed by atoms with Crippen LogP contribution in [0.2, 0.25) is 0 Å². The molecule has 0 bridgehead atoms. The molecule has 134 valence electrons. The van der Waals surface area contributed by atoms with Gasteiger partial charge in [0.05, 0.1) is 6.54 Å². The van der Waals surface area contributed by atoms with E-state index in [4.69, 9.17) is 0 Å². The Bertz CT molecular complexity index is 746. The molecule has 1 saturated heterocycles. The van der Waals surface area contributed by atoms with Crippen LogP contribution in [-0.2, 0) is 4.79 Å². The summed E-state index contributed by atoms with van der Waals surface area (Å²) in [5.41, 5.74) is 2.06. The second kappa shape index (κ2) is 7.60. The van der Waals surface area contributed by atoms with Gasteiger partial charge in [-0.05, 0) is 32.0 Å². The van der Waals surface area contributed by atoms with E-state index in [1.165, 1.54) is 0 Å². The number of nitrogens with one attached hydrogen (secondary N) is 1. The van der Waals surface area contributed by atoms with Crippen LogP contribution in [0, 0.1) is 0 Å². The summed E-state index contributed by atoms with van der Waals surface area (Å²) in [6.45, 7) is 8.55. The molecule has 25 heavy (non-hydrogen) atoms. The molecule has 8 heteroatoms. The van der Waals surface area contributed by atoms with Crippen LogP contribution in [-0.4, -0.2) is 87.7 Å². The summed E-state index contributed by atoms with van der Waals surface area (Å²) in [5.74, 6) is 0.154. The minimum Gasteiger partial charge on any atom is -0.342 e. The number of aromatic amines is 1. The lowest BCUT2D eigenvalue weighted by atomic mass is 10.1. The highest BCUT2D eigenvalue weighted by Crippen LogP contribution is 2.14. The summed E-state index contributed by atoms with van der Waals surface area (Å²) in [6.07, 6.45) is 0. The molecule has 0 aliphatic carbocycles. The molecule has 1 fully saturated rings. The van der Waals surface area contributed by atoms with Crippen LogP contribution in [0.3, 0.4) is 0 Å². The van der Waals surface area contributed by atoms with E-state index in [-0.39, 0.29) is 11.8 Å². The average molecular weight is 344 g/mol. The SMILES string of the molecule is CCN(CC)C(=O)CN1CCN(C(=O)c2ccc3n[nH]nc3c2)CC1. The number of hydrogen-bond acceptors (Lipinski definition) is 5. The zero-order valence-electron chi connectivity index (χ0n) is 14.7. The molecule has 1 aliphatic rings. The number of carbonyl (C=O) groups excluding carboxylic acids is 2. The van der Waals surface area contributed by atoms with Gasteiger partial charge in [-0.3, -0.25) is 14.5 Å². The first kappa shape index (κ1) is 17.3. The molecule has 1 N–H and O–H groups in total. The first-order valence-corrected chi connectivity index (χ1v) is 8.72. The number of aromatic nitrogens is 3. The lowest BCUT2D eigenvalue weighted by Gasteiger charge is -2.35. The van der Waals surface area contributed by atoms with Crippen molar-refractivity contribution in [2.75, 3.05) is 45.8 Å². The first-order chi connectivity index (χ1) is 12.1. The standard InChI is InChI=1S/C17H24N6O2/c1-3-22(4-2)16(24)12-21-7-9-23(10-8-21)17(25)13-5-6-14-15(11-13)19-20-18-14/h5-6,11H,3-4,7-10,12H2,1-2H3,(H,18,19,20). The number of rotatable bonds is 5. The Morgan fingerprint density at radius 3 is 2.44 bits per heavy atom. The van der Waals surface area contributed by atoms with Crippen molar-refractivity contribution in [1.82, 2.24) is 30.1 Å². The van der Waals surface area contributed by atoms with E-state index >= 15 is 0 Å². The largest absolute Gasteiger partial charge is 0.342 e. The molecule has 2 heterocycles. The van der Waals surface area contributed by atoms with Crippen molar-refractivity contribution >= 4 is 22.8 Å². The van der Waals surface area contributed by atoms with E-state index in [1.54, 1.807) is 18.2 Å². The predicted molar refractivity (Wildman–Crippen MR) is 94.2 cm³/mol. The Hall–Kier alpha value is -2.48. The smallest absolute Gasteiger partial charge is 0.254 e. The molecule has 3 rings (SSSR count). The third-order valence-corrected chi connectivity index (χ3v) is 4.70. The highest BCUT2D eigenvalue weighted by Gasteiger charge is 2.24. The summed E-state index contributed by atoms with van der Waals surface area (Å²) in [6, 6.07) is 5.34. The van der Waals surface area contributed by atoms with Crippen molar-refractivity contribution in [1.29, 1.82) is 0 Å². The Kier molecular flexibility index (Phi) is 5.28. The molecular weight excluding hydrogens is 320 g/mol. The maximum absolute atomic E-state index is 12.7. The first-order valence-electron chi connectivity index (χ1n) is 8.72. The predicted octanol–water partition coefficient (Wildman–Crippen LogP) is 0.584. The van der Waals surface area contributed by atoms with Gasteiger partial charge in [0.2, 0.25) is 5.91 Å². The van der Waals surface area contributed by atoms with E-state index in [9.17, 15) is 9.59 Å². The minimum atomic E-state index is -0.000352. The van der Waals surface area contributed by atoms with Crippen LogP contribution in [0.5, 0.6) is 0 Å². The van der Waals surface area contributed by atoms with Crippen molar-refractivity contribution in [3.63, 3.8) is 0 Å². The summed E-state index contributed by atoms with van der Waals surface area (Å²) in [4.78, 5) is 30.7. The molecular formula is C17H24N6O2. The zero-order valence-corrected chi connectivity index (χ0v) is 14.7. The maximum atomic E-state index is 12.7. The lowest BCUT2D eigenvalue weighted by Crippen LogP contribution is -2.51. The molecule has 0 radical (unpaired) electrons. The summed E-state index contributed by atoms with van der Waals surface area (Å²) >= 11 is 0. The lowest BCUT2D eigenvalue weighted by molar-refractivity contribution is -0.132. The average Bonchev–Trinajstić information content (AvgIpc) is 3.10. The quantitative estimate of drug-likeness (QED) is 0.858. The van der Waals surface area contributed by atoms with Crippen LogP contribution in [0.25, 0.3) is 11.0 Å². The highest BCUT2D eigenvalue weighted by atomic mass is 16.2. The molecule has 2 aromatic rings. The number of carbonyl (C=O) groups is 2. The van der Waals surface area contributed by atoms with Gasteiger partial charge in [0.15, 0.2) is 0 Å². The number of H-pyrrole nitrogens is 1. The monoisotopic (exact) mass is 344 g/mol. The number of likely N-dealkylation sites (N-methyl/N-ethyl adjacent to an activating group) is 1. The van der Waals surface area contributed by atoms with E-state index in [0.717, 1.165) is 18.6 Å². The number of nitrogens with zero attached hydrogens (tertiary/aromatic N) is 5. The van der Waals surface area contributed by atoms with Gasteiger partial charge in [0.25, 0.3) is 5.91 Å². The van der Waals surface area contributed by atoms with Gasteiger partial charge in [-0.1, -0.05) is 0 Å². The molecule has 0 saturated carbocycles. The fraction of sp³-hybridized carbons (Fsp3) is 0.529. The number of fused-ring (bicyclic) bond motifs is 1. The van der Waals surface area contributed by atoms with Gasteiger partial charge in [-0.15, -0.1) is 0 Å². The van der Waals surface area contributed by atoms with Crippen LogP contribution in [0.1, 0.15) is 24.2 Å². The third kappa shape index (κ3) is 3.79. The van der Waals surface area contributed by atoms with E-state index < -0.39 is 0 Å². The molecule has 2 amide bonds. The van der Waals surface area contributed by atoms with Gasteiger partial charge in [0.1, 0.15) is 11.0 Å². The van der Waals surface area contributed by atoms with Gasteiger partial charge in [-0.2, -0.15) is 15.4 Å². The summed E-state index contributed by atoms with van der Waals surface area (Å²) < 4.78 is 0. The topological polar surface area (TPSA) is 85.4 Å². The molecule has 1 aromatic heterocycles. The van der Waals surface area contributed by atoms with Gasteiger partial charge in [0, 0.05) is 44.8 Å². The van der Waals surface area contributed by atoms with Crippen molar-refractivity contribution in [2.45, 2.75) is 13.8 Å². The van der Waals surface area contributed by atoms with Crippen molar-refractivity contribution in [3.8, 4) is 0 Å². The van der Waals surface area contributed by atoms with Crippen molar-refractivity contribution in [3.05, 3.63) is 23.8 Å².